The van der Waals surface area contributed by atoms with E-state index in [0.29, 0.717) is 22.5 Å². The standard InChI is InChI=1S/C17H18ClN5OS2/c1-2-13-6-7-14(26-13)9-20-15(24)10-25-17-22-21-16(23(17)19)11-4-3-5-12(18)8-11/h3-8H,2,9-10,19H2,1H3,(H,20,24). The average Bonchev–Trinajstić information content (AvgIpc) is 3.24. The number of thiophene rings is 1. The van der Waals surface area contributed by atoms with E-state index in [4.69, 9.17) is 17.4 Å². The van der Waals surface area contributed by atoms with Gasteiger partial charge in [-0.25, -0.2) is 4.68 Å². The second kappa shape index (κ2) is 8.57. The third-order valence-corrected chi connectivity index (χ3v) is 6.01. The van der Waals surface area contributed by atoms with Gasteiger partial charge in [-0.2, -0.15) is 0 Å². The van der Waals surface area contributed by atoms with Crippen LogP contribution in [-0.2, 0) is 17.8 Å². The number of hydrogen-bond donors (Lipinski definition) is 2. The van der Waals surface area contributed by atoms with Gasteiger partial charge in [-0.1, -0.05) is 42.4 Å². The van der Waals surface area contributed by atoms with Crippen molar-refractivity contribution in [2.24, 2.45) is 0 Å². The van der Waals surface area contributed by atoms with Gasteiger partial charge in [-0.05, 0) is 30.7 Å². The number of nitrogens with one attached hydrogen (secondary N) is 1. The number of nitrogens with two attached hydrogens (primary N) is 1. The minimum absolute atomic E-state index is 0.0752. The molecule has 0 aliphatic rings. The fourth-order valence-electron chi connectivity index (χ4n) is 2.27. The summed E-state index contributed by atoms with van der Waals surface area (Å²) in [5.74, 6) is 6.70. The molecule has 6 nitrogen and oxygen atoms in total. The molecule has 9 heteroatoms. The minimum Gasteiger partial charge on any atom is -0.350 e. The summed E-state index contributed by atoms with van der Waals surface area (Å²) in [5.41, 5.74) is 0.772. The van der Waals surface area contributed by atoms with Crippen LogP contribution in [-0.4, -0.2) is 26.5 Å². The van der Waals surface area contributed by atoms with Crippen molar-refractivity contribution in [3.8, 4) is 11.4 Å². The number of carbonyl (C=O) groups excluding carboxylic acids is 1. The lowest BCUT2D eigenvalue weighted by Gasteiger charge is -2.05. The number of carbonyl (C=O) groups is 1. The molecule has 0 bridgehead atoms. The van der Waals surface area contributed by atoms with Gasteiger partial charge in [-0.3, -0.25) is 4.79 Å². The van der Waals surface area contributed by atoms with Crippen molar-refractivity contribution in [2.75, 3.05) is 11.6 Å². The lowest BCUT2D eigenvalue weighted by Crippen LogP contribution is -2.24. The number of aryl methyl sites for hydroxylation is 1. The lowest BCUT2D eigenvalue weighted by atomic mass is 10.2. The van der Waals surface area contributed by atoms with Crippen molar-refractivity contribution in [1.29, 1.82) is 0 Å². The molecule has 2 heterocycles. The Hall–Kier alpha value is -2.03. The number of nitrogens with zero attached hydrogens (tertiary/aromatic N) is 3. The second-order valence-electron chi connectivity index (χ2n) is 5.47. The summed E-state index contributed by atoms with van der Waals surface area (Å²) in [6, 6.07) is 11.4. The van der Waals surface area contributed by atoms with E-state index in [-0.39, 0.29) is 11.7 Å². The molecule has 0 aliphatic heterocycles. The Morgan fingerprint density at radius 1 is 1.31 bits per heavy atom. The molecule has 3 N–H and O–H groups in total. The first-order chi connectivity index (χ1) is 12.6. The Balaban J connectivity index is 1.55. The smallest absolute Gasteiger partial charge is 0.230 e. The molecule has 1 amide bonds. The molecular weight excluding hydrogens is 390 g/mol. The molecule has 0 spiro atoms. The lowest BCUT2D eigenvalue weighted by molar-refractivity contribution is -0.118. The van der Waals surface area contributed by atoms with Crippen LogP contribution in [0.3, 0.4) is 0 Å². The maximum atomic E-state index is 12.1. The van der Waals surface area contributed by atoms with E-state index >= 15 is 0 Å². The van der Waals surface area contributed by atoms with E-state index in [1.54, 1.807) is 23.5 Å². The highest BCUT2D eigenvalue weighted by Crippen LogP contribution is 2.23. The van der Waals surface area contributed by atoms with Gasteiger partial charge in [0.15, 0.2) is 5.82 Å². The molecule has 0 saturated heterocycles. The topological polar surface area (TPSA) is 85.8 Å². The van der Waals surface area contributed by atoms with Gasteiger partial charge in [0.1, 0.15) is 0 Å². The summed E-state index contributed by atoms with van der Waals surface area (Å²) in [7, 11) is 0. The third kappa shape index (κ3) is 4.57. The highest BCUT2D eigenvalue weighted by atomic mass is 35.5. The first-order valence-corrected chi connectivity index (χ1v) is 10.2. The molecule has 0 radical (unpaired) electrons. The Kier molecular flexibility index (Phi) is 6.18. The van der Waals surface area contributed by atoms with Crippen LogP contribution in [0.5, 0.6) is 0 Å². The van der Waals surface area contributed by atoms with Crippen molar-refractivity contribution in [3.05, 3.63) is 51.2 Å². The highest BCUT2D eigenvalue weighted by Gasteiger charge is 2.14. The van der Waals surface area contributed by atoms with Gasteiger partial charge in [0.05, 0.1) is 12.3 Å². The van der Waals surface area contributed by atoms with Gasteiger partial charge < -0.3 is 11.2 Å². The molecular formula is C17H18ClN5OS2. The third-order valence-electron chi connectivity index (χ3n) is 3.61. The highest BCUT2D eigenvalue weighted by molar-refractivity contribution is 7.99. The summed E-state index contributed by atoms with van der Waals surface area (Å²) in [4.78, 5) is 14.5. The van der Waals surface area contributed by atoms with Crippen LogP contribution in [0, 0.1) is 0 Å². The molecule has 1 aromatic carbocycles. The summed E-state index contributed by atoms with van der Waals surface area (Å²) >= 11 is 8.95. The Bertz CT molecular complexity index is 908. The average molecular weight is 408 g/mol. The largest absolute Gasteiger partial charge is 0.350 e. The van der Waals surface area contributed by atoms with Gasteiger partial charge in [0.25, 0.3) is 0 Å². The van der Waals surface area contributed by atoms with Crippen LogP contribution in [0.2, 0.25) is 5.02 Å². The zero-order valence-electron chi connectivity index (χ0n) is 14.1. The van der Waals surface area contributed by atoms with Crippen LogP contribution in [0.1, 0.15) is 16.7 Å². The molecule has 136 valence electrons. The zero-order chi connectivity index (χ0) is 18.5. The molecule has 0 unspecified atom stereocenters. The van der Waals surface area contributed by atoms with Gasteiger partial charge in [0.2, 0.25) is 11.1 Å². The number of aromatic nitrogens is 3. The van der Waals surface area contributed by atoms with E-state index in [1.165, 1.54) is 21.3 Å². The van der Waals surface area contributed by atoms with E-state index in [2.05, 4.69) is 28.5 Å². The molecule has 0 aliphatic carbocycles. The van der Waals surface area contributed by atoms with Crippen LogP contribution < -0.4 is 11.2 Å². The number of halogens is 1. The number of thioether (sulfide) groups is 1. The summed E-state index contributed by atoms with van der Waals surface area (Å²) < 4.78 is 1.37. The fraction of sp³-hybridized carbons (Fsp3) is 0.235. The Labute approximate surface area is 164 Å². The Morgan fingerprint density at radius 3 is 2.85 bits per heavy atom. The van der Waals surface area contributed by atoms with E-state index in [1.807, 2.05) is 18.2 Å². The number of amides is 1. The monoisotopic (exact) mass is 407 g/mol. The molecule has 3 aromatic rings. The zero-order valence-corrected chi connectivity index (χ0v) is 16.5. The number of hydrogen-bond acceptors (Lipinski definition) is 6. The predicted molar refractivity (Wildman–Crippen MR) is 107 cm³/mol. The second-order valence-corrected chi connectivity index (χ2v) is 8.11. The molecule has 2 aromatic heterocycles. The SMILES string of the molecule is CCc1ccc(CNC(=O)CSc2nnc(-c3cccc(Cl)c3)n2N)s1. The van der Waals surface area contributed by atoms with E-state index < -0.39 is 0 Å². The number of benzene rings is 1. The first kappa shape index (κ1) is 18.8. The fourth-order valence-corrected chi connectivity index (χ4v) is 4.05. The summed E-state index contributed by atoms with van der Waals surface area (Å²) in [5, 5.41) is 12.1. The normalized spacial score (nSPS) is 10.8. The number of nitrogen functional groups attached to an aromatic ring is 1. The minimum atomic E-state index is -0.0752. The van der Waals surface area contributed by atoms with Crippen molar-refractivity contribution in [1.82, 2.24) is 20.2 Å². The molecule has 0 saturated carbocycles. The molecule has 3 rings (SSSR count). The van der Waals surface area contributed by atoms with Crippen molar-refractivity contribution in [3.63, 3.8) is 0 Å². The predicted octanol–water partition coefficient (Wildman–Crippen LogP) is 3.34. The van der Waals surface area contributed by atoms with Crippen molar-refractivity contribution in [2.45, 2.75) is 25.0 Å². The van der Waals surface area contributed by atoms with Crippen LogP contribution in [0.4, 0.5) is 0 Å². The number of rotatable bonds is 7. The van der Waals surface area contributed by atoms with Crippen molar-refractivity contribution < 1.29 is 4.79 Å². The van der Waals surface area contributed by atoms with E-state index in [0.717, 1.165) is 16.9 Å². The van der Waals surface area contributed by atoms with Gasteiger partial charge in [0, 0.05) is 20.3 Å². The van der Waals surface area contributed by atoms with Gasteiger partial charge in [-0.15, -0.1) is 21.5 Å². The first-order valence-electron chi connectivity index (χ1n) is 8.00. The van der Waals surface area contributed by atoms with Crippen LogP contribution >= 0.6 is 34.7 Å². The maximum absolute atomic E-state index is 12.1. The maximum Gasteiger partial charge on any atom is 0.230 e. The van der Waals surface area contributed by atoms with Crippen LogP contribution in [0.25, 0.3) is 11.4 Å². The Morgan fingerprint density at radius 2 is 2.12 bits per heavy atom. The van der Waals surface area contributed by atoms with Crippen LogP contribution in [0.15, 0.2) is 41.6 Å². The molecule has 0 atom stereocenters. The molecule has 26 heavy (non-hydrogen) atoms. The molecule has 0 fully saturated rings. The summed E-state index contributed by atoms with van der Waals surface area (Å²) in [6.07, 6.45) is 1.01. The van der Waals surface area contributed by atoms with Gasteiger partial charge >= 0.3 is 0 Å². The van der Waals surface area contributed by atoms with Crippen molar-refractivity contribution >= 4 is 40.6 Å². The summed E-state index contributed by atoms with van der Waals surface area (Å²) in [6.45, 7) is 2.65. The quantitative estimate of drug-likeness (QED) is 0.463. The van der Waals surface area contributed by atoms with E-state index in [9.17, 15) is 4.79 Å².